The minimum atomic E-state index is -0.469. The highest BCUT2D eigenvalue weighted by Gasteiger charge is 2.15. The Balaban J connectivity index is 1.55. The molecule has 2 heterocycles. The molecule has 2 aromatic heterocycles. The number of benzene rings is 1. The molecule has 0 atom stereocenters. The van der Waals surface area contributed by atoms with Gasteiger partial charge in [-0.2, -0.15) is 0 Å². The third-order valence-corrected chi connectivity index (χ3v) is 5.82. The highest BCUT2D eigenvalue weighted by Crippen LogP contribution is 2.25. The summed E-state index contributed by atoms with van der Waals surface area (Å²) in [6, 6.07) is 6.22. The zero-order valence-corrected chi connectivity index (χ0v) is 17.1. The zero-order chi connectivity index (χ0) is 19.2. The van der Waals surface area contributed by atoms with Gasteiger partial charge >= 0.3 is 6.03 Å². The van der Waals surface area contributed by atoms with Gasteiger partial charge < -0.3 is 5.32 Å². The molecule has 12 heteroatoms. The lowest BCUT2D eigenvalue weighted by Crippen LogP contribution is -2.19. The second-order valence-corrected chi connectivity index (χ2v) is 8.67. The lowest BCUT2D eigenvalue weighted by molar-refractivity contribution is 0.102. The number of anilines is 3. The van der Waals surface area contributed by atoms with Crippen molar-refractivity contribution in [1.29, 1.82) is 0 Å². The van der Waals surface area contributed by atoms with E-state index in [0.717, 1.165) is 21.4 Å². The molecular formula is C15H13ClN6O2S3. The van der Waals surface area contributed by atoms with E-state index in [0.29, 0.717) is 21.0 Å². The van der Waals surface area contributed by atoms with E-state index < -0.39 is 11.9 Å². The van der Waals surface area contributed by atoms with Gasteiger partial charge in [0.05, 0.1) is 0 Å². The Morgan fingerprint density at radius 1 is 1.11 bits per heavy atom. The van der Waals surface area contributed by atoms with Crippen molar-refractivity contribution < 1.29 is 9.59 Å². The molecule has 0 saturated carbocycles. The van der Waals surface area contributed by atoms with Crippen molar-refractivity contribution in [2.45, 2.75) is 11.3 Å². The van der Waals surface area contributed by atoms with E-state index in [-0.39, 0.29) is 5.69 Å². The Morgan fingerprint density at radius 2 is 1.89 bits per heavy atom. The van der Waals surface area contributed by atoms with Gasteiger partial charge in [0, 0.05) is 16.1 Å². The molecule has 3 N–H and O–H groups in total. The SMILES string of the molecule is CCSc1nnc(NC(=O)c2csc(NC(=O)Nc3ccc(Cl)cc3)n2)s1. The van der Waals surface area contributed by atoms with E-state index in [2.05, 4.69) is 31.1 Å². The highest BCUT2D eigenvalue weighted by molar-refractivity contribution is 8.01. The van der Waals surface area contributed by atoms with Crippen LogP contribution in [0.1, 0.15) is 17.4 Å². The first kappa shape index (κ1) is 19.5. The van der Waals surface area contributed by atoms with Crippen molar-refractivity contribution >= 4 is 73.9 Å². The van der Waals surface area contributed by atoms with Gasteiger partial charge in [-0.15, -0.1) is 21.5 Å². The standard InChI is InChI=1S/C15H13ClN6O2S3/c1-2-25-15-22-21-14(27-15)19-11(23)10-7-26-13(18-10)20-12(24)17-9-5-3-8(16)4-6-9/h3-7H,2H2,1H3,(H,19,21,23)(H2,17,18,20,24). The monoisotopic (exact) mass is 440 g/mol. The number of halogens is 1. The van der Waals surface area contributed by atoms with E-state index >= 15 is 0 Å². The summed E-state index contributed by atoms with van der Waals surface area (Å²) in [6.45, 7) is 2.01. The van der Waals surface area contributed by atoms with Crippen LogP contribution in [-0.2, 0) is 0 Å². The fourth-order valence-corrected chi connectivity index (χ4v) is 4.29. The fourth-order valence-electron chi connectivity index (χ4n) is 1.83. The second-order valence-electron chi connectivity index (χ2n) is 4.88. The van der Waals surface area contributed by atoms with Crippen molar-refractivity contribution in [2.24, 2.45) is 0 Å². The van der Waals surface area contributed by atoms with Crippen LogP contribution in [0.15, 0.2) is 34.0 Å². The van der Waals surface area contributed by atoms with E-state index in [9.17, 15) is 9.59 Å². The minimum Gasteiger partial charge on any atom is -0.308 e. The van der Waals surface area contributed by atoms with E-state index in [1.54, 1.807) is 41.4 Å². The number of amides is 3. The molecule has 140 valence electrons. The van der Waals surface area contributed by atoms with Crippen molar-refractivity contribution in [3.8, 4) is 0 Å². The molecular weight excluding hydrogens is 428 g/mol. The Bertz CT molecular complexity index is 943. The van der Waals surface area contributed by atoms with Crippen LogP contribution in [0, 0.1) is 0 Å². The number of rotatable bonds is 6. The van der Waals surface area contributed by atoms with Crippen LogP contribution in [0.2, 0.25) is 5.02 Å². The Kier molecular flexibility index (Phi) is 6.61. The van der Waals surface area contributed by atoms with E-state index in [1.807, 2.05) is 6.92 Å². The molecule has 0 aliphatic carbocycles. The summed E-state index contributed by atoms with van der Waals surface area (Å²) >= 11 is 9.79. The predicted octanol–water partition coefficient (Wildman–Crippen LogP) is 4.66. The van der Waals surface area contributed by atoms with Gasteiger partial charge in [0.15, 0.2) is 9.47 Å². The van der Waals surface area contributed by atoms with Crippen LogP contribution in [0.4, 0.5) is 20.7 Å². The van der Waals surface area contributed by atoms with Crippen LogP contribution in [-0.4, -0.2) is 32.9 Å². The summed E-state index contributed by atoms with van der Waals surface area (Å²) in [7, 11) is 0. The summed E-state index contributed by atoms with van der Waals surface area (Å²) < 4.78 is 0.785. The van der Waals surface area contributed by atoms with Gasteiger partial charge in [-0.25, -0.2) is 9.78 Å². The molecule has 0 radical (unpaired) electrons. The molecule has 27 heavy (non-hydrogen) atoms. The molecule has 3 aromatic rings. The largest absolute Gasteiger partial charge is 0.325 e. The van der Waals surface area contributed by atoms with Gasteiger partial charge in [-0.3, -0.25) is 15.4 Å². The zero-order valence-electron chi connectivity index (χ0n) is 13.9. The topological polar surface area (TPSA) is 109 Å². The quantitative estimate of drug-likeness (QED) is 0.380. The second kappa shape index (κ2) is 9.13. The molecule has 0 spiro atoms. The maximum atomic E-state index is 12.2. The van der Waals surface area contributed by atoms with Crippen molar-refractivity contribution in [3.63, 3.8) is 0 Å². The van der Waals surface area contributed by atoms with E-state index in [1.165, 1.54) is 11.3 Å². The first-order chi connectivity index (χ1) is 13.0. The molecule has 1 aromatic carbocycles. The number of hydrogen-bond donors (Lipinski definition) is 3. The summed E-state index contributed by atoms with van der Waals surface area (Å²) in [4.78, 5) is 28.3. The smallest absolute Gasteiger partial charge is 0.308 e. The molecule has 0 aliphatic heterocycles. The first-order valence-corrected chi connectivity index (χ1v) is 10.7. The third-order valence-electron chi connectivity index (χ3n) is 2.95. The maximum absolute atomic E-state index is 12.2. The molecule has 3 rings (SSSR count). The van der Waals surface area contributed by atoms with Crippen molar-refractivity contribution in [2.75, 3.05) is 21.7 Å². The highest BCUT2D eigenvalue weighted by atomic mass is 35.5. The van der Waals surface area contributed by atoms with Crippen LogP contribution < -0.4 is 16.0 Å². The number of nitrogens with one attached hydrogen (secondary N) is 3. The fraction of sp³-hybridized carbons (Fsp3) is 0.133. The third kappa shape index (κ3) is 5.63. The summed E-state index contributed by atoms with van der Waals surface area (Å²) in [5.74, 6) is 0.462. The average Bonchev–Trinajstić information content (AvgIpc) is 3.27. The first-order valence-electron chi connectivity index (χ1n) is 7.60. The number of urea groups is 1. The molecule has 0 unspecified atom stereocenters. The van der Waals surface area contributed by atoms with Crippen LogP contribution in [0.25, 0.3) is 0 Å². The van der Waals surface area contributed by atoms with Gasteiger partial charge in [0.25, 0.3) is 5.91 Å². The number of aromatic nitrogens is 3. The Labute approximate surface area is 171 Å². The number of carbonyl (C=O) groups is 2. The number of nitrogens with zero attached hydrogens (tertiary/aromatic N) is 3. The van der Waals surface area contributed by atoms with Crippen LogP contribution in [0.3, 0.4) is 0 Å². The minimum absolute atomic E-state index is 0.182. The van der Waals surface area contributed by atoms with E-state index in [4.69, 9.17) is 11.6 Å². The predicted molar refractivity (Wildman–Crippen MR) is 110 cm³/mol. The van der Waals surface area contributed by atoms with Crippen LogP contribution >= 0.6 is 46.0 Å². The molecule has 0 saturated heterocycles. The lowest BCUT2D eigenvalue weighted by atomic mass is 10.3. The average molecular weight is 441 g/mol. The van der Waals surface area contributed by atoms with Gasteiger partial charge in [0.1, 0.15) is 5.69 Å². The molecule has 0 fully saturated rings. The van der Waals surface area contributed by atoms with Crippen LogP contribution in [0.5, 0.6) is 0 Å². The molecule has 8 nitrogen and oxygen atoms in total. The molecule has 0 bridgehead atoms. The van der Waals surface area contributed by atoms with Gasteiger partial charge in [0.2, 0.25) is 5.13 Å². The summed E-state index contributed by atoms with van der Waals surface area (Å²) in [6.07, 6.45) is 0. The number of thiazole rings is 1. The number of thioether (sulfide) groups is 1. The van der Waals surface area contributed by atoms with Crippen molar-refractivity contribution in [3.05, 3.63) is 40.4 Å². The van der Waals surface area contributed by atoms with Gasteiger partial charge in [-0.1, -0.05) is 41.6 Å². The summed E-state index contributed by atoms with van der Waals surface area (Å²) in [5.41, 5.74) is 0.769. The molecule has 3 amide bonds. The van der Waals surface area contributed by atoms with Gasteiger partial charge in [-0.05, 0) is 30.0 Å². The lowest BCUT2D eigenvalue weighted by Gasteiger charge is -2.05. The Hall–Kier alpha value is -2.21. The Morgan fingerprint density at radius 3 is 2.63 bits per heavy atom. The number of carbonyl (C=O) groups excluding carboxylic acids is 2. The normalized spacial score (nSPS) is 10.4. The van der Waals surface area contributed by atoms with Crippen molar-refractivity contribution in [1.82, 2.24) is 15.2 Å². The maximum Gasteiger partial charge on any atom is 0.325 e. The summed E-state index contributed by atoms with van der Waals surface area (Å²) in [5, 5.41) is 18.6. The number of hydrogen-bond acceptors (Lipinski definition) is 8. The molecule has 0 aliphatic rings.